The van der Waals surface area contributed by atoms with Gasteiger partial charge in [-0.2, -0.15) is 4.31 Å². The molecule has 10 heteroatoms. The maximum absolute atomic E-state index is 13.9. The minimum Gasteiger partial charge on any atom is -0.298 e. The van der Waals surface area contributed by atoms with Crippen molar-refractivity contribution in [3.05, 3.63) is 65.0 Å². The van der Waals surface area contributed by atoms with Crippen LogP contribution in [0.3, 0.4) is 0 Å². The predicted molar refractivity (Wildman–Crippen MR) is 112 cm³/mol. The SMILES string of the molecule is CC(C)N(C)S(=O)(=O)c1ccc(C(=O)Nc2nc(-c3cc(F)ccc3F)cs2)cc1. The van der Waals surface area contributed by atoms with Crippen molar-refractivity contribution in [3.8, 4) is 11.3 Å². The van der Waals surface area contributed by atoms with Crippen LogP contribution in [-0.4, -0.2) is 36.7 Å². The molecule has 1 aromatic heterocycles. The van der Waals surface area contributed by atoms with Gasteiger partial charge in [0.25, 0.3) is 5.91 Å². The van der Waals surface area contributed by atoms with Gasteiger partial charge in [-0.25, -0.2) is 22.2 Å². The standard InChI is InChI=1S/C20H19F2N3O3S2/c1-12(2)25(3)30(27,28)15-7-4-13(5-8-15)19(26)24-20-23-18(11-29-20)16-10-14(21)6-9-17(16)22/h4-12H,1-3H3,(H,23,24,26). The van der Waals surface area contributed by atoms with Gasteiger partial charge in [0, 0.05) is 29.6 Å². The monoisotopic (exact) mass is 451 g/mol. The molecule has 0 saturated carbocycles. The molecule has 1 N–H and O–H groups in total. The van der Waals surface area contributed by atoms with Crippen LogP contribution in [0, 0.1) is 11.6 Å². The van der Waals surface area contributed by atoms with Crippen LogP contribution in [0.15, 0.2) is 52.7 Å². The number of anilines is 1. The summed E-state index contributed by atoms with van der Waals surface area (Å²) < 4.78 is 53.5. The molecule has 0 radical (unpaired) electrons. The van der Waals surface area contributed by atoms with E-state index in [0.717, 1.165) is 29.5 Å². The summed E-state index contributed by atoms with van der Waals surface area (Å²) in [7, 11) is -2.16. The molecule has 6 nitrogen and oxygen atoms in total. The second kappa shape index (κ2) is 8.58. The van der Waals surface area contributed by atoms with E-state index >= 15 is 0 Å². The molecule has 3 aromatic rings. The van der Waals surface area contributed by atoms with Gasteiger partial charge < -0.3 is 0 Å². The van der Waals surface area contributed by atoms with Crippen LogP contribution in [0.25, 0.3) is 11.3 Å². The summed E-state index contributed by atoms with van der Waals surface area (Å²) in [6.07, 6.45) is 0. The Morgan fingerprint density at radius 3 is 2.43 bits per heavy atom. The van der Waals surface area contributed by atoms with E-state index < -0.39 is 27.6 Å². The Bertz CT molecular complexity index is 1180. The van der Waals surface area contributed by atoms with Gasteiger partial charge >= 0.3 is 0 Å². The zero-order valence-electron chi connectivity index (χ0n) is 16.4. The van der Waals surface area contributed by atoms with Crippen molar-refractivity contribution in [2.75, 3.05) is 12.4 Å². The highest BCUT2D eigenvalue weighted by atomic mass is 32.2. The number of rotatable bonds is 6. The number of nitrogens with zero attached hydrogens (tertiary/aromatic N) is 2. The fourth-order valence-electron chi connectivity index (χ4n) is 2.54. The number of sulfonamides is 1. The third-order valence-electron chi connectivity index (χ3n) is 4.45. The number of hydrogen-bond donors (Lipinski definition) is 1. The molecule has 1 amide bonds. The topological polar surface area (TPSA) is 79.4 Å². The summed E-state index contributed by atoms with van der Waals surface area (Å²) >= 11 is 1.06. The molecule has 0 atom stereocenters. The normalized spacial score (nSPS) is 11.8. The summed E-state index contributed by atoms with van der Waals surface area (Å²) in [6.45, 7) is 3.52. The van der Waals surface area contributed by atoms with Crippen LogP contribution in [0.4, 0.5) is 13.9 Å². The fourth-order valence-corrected chi connectivity index (χ4v) is 4.61. The first-order chi connectivity index (χ1) is 14.1. The maximum Gasteiger partial charge on any atom is 0.257 e. The molecule has 2 aromatic carbocycles. The number of benzene rings is 2. The lowest BCUT2D eigenvalue weighted by Gasteiger charge is -2.20. The summed E-state index contributed by atoms with van der Waals surface area (Å²) in [5.41, 5.74) is 0.427. The number of aromatic nitrogens is 1. The van der Waals surface area contributed by atoms with E-state index in [-0.39, 0.29) is 32.9 Å². The van der Waals surface area contributed by atoms with Gasteiger partial charge in [0.05, 0.1) is 10.6 Å². The van der Waals surface area contributed by atoms with Crippen molar-refractivity contribution >= 4 is 32.4 Å². The van der Waals surface area contributed by atoms with Crippen LogP contribution in [-0.2, 0) is 10.0 Å². The first-order valence-corrected chi connectivity index (χ1v) is 11.2. The Morgan fingerprint density at radius 2 is 1.80 bits per heavy atom. The van der Waals surface area contributed by atoms with Gasteiger partial charge in [-0.05, 0) is 56.3 Å². The summed E-state index contributed by atoms with van der Waals surface area (Å²) in [6, 6.07) is 8.36. The first-order valence-electron chi connectivity index (χ1n) is 8.90. The first kappa shape index (κ1) is 22.0. The molecule has 0 bridgehead atoms. The number of carbonyl (C=O) groups excluding carboxylic acids is 1. The van der Waals surface area contributed by atoms with E-state index in [1.807, 2.05) is 0 Å². The Kier molecular flexibility index (Phi) is 6.30. The fraction of sp³-hybridized carbons (Fsp3) is 0.200. The van der Waals surface area contributed by atoms with E-state index in [2.05, 4.69) is 10.3 Å². The molecule has 30 heavy (non-hydrogen) atoms. The number of amides is 1. The Morgan fingerprint density at radius 1 is 1.13 bits per heavy atom. The molecule has 3 rings (SSSR count). The molecule has 1 heterocycles. The van der Waals surface area contributed by atoms with Gasteiger partial charge in [-0.15, -0.1) is 11.3 Å². The van der Waals surface area contributed by atoms with Crippen LogP contribution >= 0.6 is 11.3 Å². The largest absolute Gasteiger partial charge is 0.298 e. The molecule has 0 spiro atoms. The minimum atomic E-state index is -3.65. The minimum absolute atomic E-state index is 0.00409. The van der Waals surface area contributed by atoms with Crippen molar-refractivity contribution < 1.29 is 22.0 Å². The molecule has 0 aliphatic carbocycles. The zero-order valence-corrected chi connectivity index (χ0v) is 18.0. The molecule has 0 aliphatic rings. The number of hydrogen-bond acceptors (Lipinski definition) is 5. The number of nitrogens with one attached hydrogen (secondary N) is 1. The quantitative estimate of drug-likeness (QED) is 0.604. The highest BCUT2D eigenvalue weighted by molar-refractivity contribution is 7.89. The predicted octanol–water partition coefficient (Wildman–Crippen LogP) is 4.37. The lowest BCUT2D eigenvalue weighted by atomic mass is 10.1. The molecule has 0 fully saturated rings. The summed E-state index contributed by atoms with van der Waals surface area (Å²) in [5, 5.41) is 4.28. The van der Waals surface area contributed by atoms with Crippen LogP contribution in [0.5, 0.6) is 0 Å². The van der Waals surface area contributed by atoms with Gasteiger partial charge in [0.15, 0.2) is 5.13 Å². The van der Waals surface area contributed by atoms with Crippen molar-refractivity contribution in [2.45, 2.75) is 24.8 Å². The second-order valence-corrected chi connectivity index (χ2v) is 9.61. The molecule has 0 saturated heterocycles. The van der Waals surface area contributed by atoms with Gasteiger partial charge in [0.2, 0.25) is 10.0 Å². The van der Waals surface area contributed by atoms with Gasteiger partial charge in [0.1, 0.15) is 11.6 Å². The average molecular weight is 452 g/mol. The van der Waals surface area contributed by atoms with E-state index in [9.17, 15) is 22.0 Å². The van der Waals surface area contributed by atoms with Crippen molar-refractivity contribution in [1.29, 1.82) is 0 Å². The lowest BCUT2D eigenvalue weighted by Crippen LogP contribution is -2.33. The Hall–Kier alpha value is -2.69. The molecular formula is C20H19F2N3O3S2. The smallest absolute Gasteiger partial charge is 0.257 e. The summed E-state index contributed by atoms with van der Waals surface area (Å²) in [4.78, 5) is 16.6. The molecule has 0 aliphatic heterocycles. The van der Waals surface area contributed by atoms with Crippen molar-refractivity contribution in [2.24, 2.45) is 0 Å². The number of thiazole rings is 1. The van der Waals surface area contributed by atoms with Crippen molar-refractivity contribution in [3.63, 3.8) is 0 Å². The highest BCUT2D eigenvalue weighted by Crippen LogP contribution is 2.28. The summed E-state index contributed by atoms with van der Waals surface area (Å²) in [5.74, 6) is -1.72. The average Bonchev–Trinajstić information content (AvgIpc) is 3.17. The lowest BCUT2D eigenvalue weighted by molar-refractivity contribution is 0.102. The third kappa shape index (κ3) is 4.55. The second-order valence-electron chi connectivity index (χ2n) is 6.76. The van der Waals surface area contributed by atoms with Crippen LogP contribution in [0.1, 0.15) is 24.2 Å². The zero-order chi connectivity index (χ0) is 22.1. The Balaban J connectivity index is 1.76. The van der Waals surface area contributed by atoms with Crippen LogP contribution < -0.4 is 5.32 Å². The van der Waals surface area contributed by atoms with Crippen molar-refractivity contribution in [1.82, 2.24) is 9.29 Å². The van der Waals surface area contributed by atoms with Crippen LogP contribution in [0.2, 0.25) is 0 Å². The number of halogens is 2. The third-order valence-corrected chi connectivity index (χ3v) is 7.26. The number of carbonyl (C=O) groups is 1. The maximum atomic E-state index is 13.9. The Labute approximate surface area is 177 Å². The van der Waals surface area contributed by atoms with E-state index in [0.29, 0.717) is 0 Å². The van der Waals surface area contributed by atoms with E-state index in [1.165, 1.54) is 41.0 Å². The van der Waals surface area contributed by atoms with E-state index in [1.54, 1.807) is 13.8 Å². The van der Waals surface area contributed by atoms with Gasteiger partial charge in [-0.3, -0.25) is 10.1 Å². The molecule has 158 valence electrons. The molecule has 0 unspecified atom stereocenters. The van der Waals surface area contributed by atoms with Gasteiger partial charge in [-0.1, -0.05) is 0 Å². The molecular weight excluding hydrogens is 432 g/mol. The van der Waals surface area contributed by atoms with E-state index in [4.69, 9.17) is 0 Å². The highest BCUT2D eigenvalue weighted by Gasteiger charge is 2.23.